The Morgan fingerprint density at radius 2 is 1.95 bits per heavy atom. The van der Waals surface area contributed by atoms with Gasteiger partial charge in [-0.25, -0.2) is 18.1 Å². The first kappa shape index (κ1) is 15.2. The van der Waals surface area contributed by atoms with Crippen LogP contribution in [0.3, 0.4) is 0 Å². The first-order valence-corrected chi connectivity index (χ1v) is 9.01. The number of nitrogens with one attached hydrogen (secondary N) is 1. The minimum atomic E-state index is -3.22. The summed E-state index contributed by atoms with van der Waals surface area (Å²) in [4.78, 5) is 4.31. The van der Waals surface area contributed by atoms with Gasteiger partial charge in [-0.3, -0.25) is 0 Å². The number of sulfonamides is 1. The standard InChI is InChI=1S/C14H18N2O2S2/c1-12-16-14(11-19-12)7-9-15-20(17,18)10-8-13-5-3-2-4-6-13/h2-6,11,15H,7-10H2,1H3. The molecule has 0 aliphatic heterocycles. The average molecular weight is 310 g/mol. The van der Waals surface area contributed by atoms with E-state index in [2.05, 4.69) is 9.71 Å². The van der Waals surface area contributed by atoms with Crippen LogP contribution in [0.4, 0.5) is 0 Å². The molecule has 1 heterocycles. The number of thiazole rings is 1. The van der Waals surface area contributed by atoms with Crippen LogP contribution in [-0.2, 0) is 22.9 Å². The van der Waals surface area contributed by atoms with E-state index in [4.69, 9.17) is 0 Å². The number of rotatable bonds is 7. The van der Waals surface area contributed by atoms with Gasteiger partial charge in [0.1, 0.15) is 0 Å². The molecule has 0 fully saturated rings. The molecule has 0 spiro atoms. The third-order valence-electron chi connectivity index (χ3n) is 2.87. The lowest BCUT2D eigenvalue weighted by atomic mass is 10.2. The molecule has 108 valence electrons. The molecule has 20 heavy (non-hydrogen) atoms. The lowest BCUT2D eigenvalue weighted by Crippen LogP contribution is -2.29. The highest BCUT2D eigenvalue weighted by Gasteiger charge is 2.10. The van der Waals surface area contributed by atoms with E-state index in [1.54, 1.807) is 11.3 Å². The number of hydrogen-bond donors (Lipinski definition) is 1. The zero-order valence-electron chi connectivity index (χ0n) is 11.4. The third-order valence-corrected chi connectivity index (χ3v) is 5.08. The van der Waals surface area contributed by atoms with E-state index in [1.807, 2.05) is 42.6 Å². The Hall–Kier alpha value is -1.24. The Morgan fingerprint density at radius 1 is 1.20 bits per heavy atom. The van der Waals surface area contributed by atoms with Gasteiger partial charge < -0.3 is 0 Å². The van der Waals surface area contributed by atoms with E-state index in [0.29, 0.717) is 19.4 Å². The van der Waals surface area contributed by atoms with Crippen molar-refractivity contribution >= 4 is 21.4 Å². The number of hydrogen-bond acceptors (Lipinski definition) is 4. The molecule has 1 aromatic carbocycles. The smallest absolute Gasteiger partial charge is 0.211 e. The van der Waals surface area contributed by atoms with E-state index in [0.717, 1.165) is 16.3 Å². The van der Waals surface area contributed by atoms with Crippen molar-refractivity contribution in [1.29, 1.82) is 0 Å². The summed E-state index contributed by atoms with van der Waals surface area (Å²) in [6.07, 6.45) is 1.17. The average Bonchev–Trinajstić information content (AvgIpc) is 2.83. The second-order valence-corrected chi connectivity index (χ2v) is 7.55. The van der Waals surface area contributed by atoms with Gasteiger partial charge in [0.25, 0.3) is 0 Å². The number of benzene rings is 1. The molecule has 6 heteroatoms. The lowest BCUT2D eigenvalue weighted by Gasteiger charge is -2.06. The maximum Gasteiger partial charge on any atom is 0.211 e. The van der Waals surface area contributed by atoms with Crippen molar-refractivity contribution in [3.05, 3.63) is 52.0 Å². The molecule has 4 nitrogen and oxygen atoms in total. The van der Waals surface area contributed by atoms with Crippen LogP contribution in [-0.4, -0.2) is 25.7 Å². The fourth-order valence-corrected chi connectivity index (χ4v) is 3.54. The molecule has 0 amide bonds. The third kappa shape index (κ3) is 5.03. The van der Waals surface area contributed by atoms with Crippen molar-refractivity contribution in [3.63, 3.8) is 0 Å². The summed E-state index contributed by atoms with van der Waals surface area (Å²) in [6, 6.07) is 9.63. The minimum Gasteiger partial charge on any atom is -0.247 e. The molecule has 0 bridgehead atoms. The summed E-state index contributed by atoms with van der Waals surface area (Å²) in [7, 11) is -3.22. The highest BCUT2D eigenvalue weighted by Crippen LogP contribution is 2.08. The predicted molar refractivity (Wildman–Crippen MR) is 82.5 cm³/mol. The van der Waals surface area contributed by atoms with Crippen LogP contribution < -0.4 is 4.72 Å². The Balaban J connectivity index is 1.76. The Bertz CT molecular complexity index is 636. The van der Waals surface area contributed by atoms with Gasteiger partial charge in [-0.15, -0.1) is 11.3 Å². The Morgan fingerprint density at radius 3 is 2.60 bits per heavy atom. The van der Waals surface area contributed by atoms with Crippen LogP contribution in [0, 0.1) is 6.92 Å². The lowest BCUT2D eigenvalue weighted by molar-refractivity contribution is 0.580. The number of nitrogens with zero attached hydrogens (tertiary/aromatic N) is 1. The molecule has 0 saturated carbocycles. The largest absolute Gasteiger partial charge is 0.247 e. The van der Waals surface area contributed by atoms with Gasteiger partial charge in [-0.05, 0) is 18.9 Å². The summed E-state index contributed by atoms with van der Waals surface area (Å²) in [6.45, 7) is 2.35. The first-order chi connectivity index (χ1) is 9.55. The normalized spacial score (nSPS) is 11.7. The maximum absolute atomic E-state index is 11.9. The molecule has 0 unspecified atom stereocenters. The molecule has 0 aliphatic rings. The summed E-state index contributed by atoms with van der Waals surface area (Å²) < 4.78 is 26.4. The molecule has 0 aliphatic carbocycles. The SMILES string of the molecule is Cc1nc(CCNS(=O)(=O)CCc2ccccc2)cs1. The molecular weight excluding hydrogens is 292 g/mol. The quantitative estimate of drug-likeness (QED) is 0.852. The van der Waals surface area contributed by atoms with Crippen LogP contribution >= 0.6 is 11.3 Å². The summed E-state index contributed by atoms with van der Waals surface area (Å²) in [5.74, 6) is 0.118. The van der Waals surface area contributed by atoms with Crippen LogP contribution in [0.1, 0.15) is 16.3 Å². The van der Waals surface area contributed by atoms with Crippen molar-refractivity contribution in [3.8, 4) is 0 Å². The van der Waals surface area contributed by atoms with Gasteiger partial charge in [0, 0.05) is 18.3 Å². The molecule has 2 aromatic rings. The second kappa shape index (κ2) is 6.97. The van der Waals surface area contributed by atoms with E-state index < -0.39 is 10.0 Å². The molecule has 1 N–H and O–H groups in total. The van der Waals surface area contributed by atoms with Gasteiger partial charge >= 0.3 is 0 Å². The molecular formula is C14H18N2O2S2. The Kier molecular flexibility index (Phi) is 5.28. The van der Waals surface area contributed by atoms with Crippen molar-refractivity contribution in [2.24, 2.45) is 0 Å². The number of aryl methyl sites for hydroxylation is 2. The highest BCUT2D eigenvalue weighted by molar-refractivity contribution is 7.89. The van der Waals surface area contributed by atoms with E-state index in [-0.39, 0.29) is 5.75 Å². The van der Waals surface area contributed by atoms with Crippen molar-refractivity contribution in [2.45, 2.75) is 19.8 Å². The fourth-order valence-electron chi connectivity index (χ4n) is 1.83. The minimum absolute atomic E-state index is 0.118. The second-order valence-electron chi connectivity index (χ2n) is 4.56. The summed E-state index contributed by atoms with van der Waals surface area (Å²) in [5, 5.41) is 2.97. The van der Waals surface area contributed by atoms with Gasteiger partial charge in [-0.2, -0.15) is 0 Å². The van der Waals surface area contributed by atoms with Crippen molar-refractivity contribution in [2.75, 3.05) is 12.3 Å². The Labute approximate surface area is 123 Å². The monoisotopic (exact) mass is 310 g/mol. The van der Waals surface area contributed by atoms with Crippen LogP contribution in [0.25, 0.3) is 0 Å². The summed E-state index contributed by atoms with van der Waals surface area (Å²) in [5.41, 5.74) is 1.98. The van der Waals surface area contributed by atoms with E-state index in [1.165, 1.54) is 0 Å². The van der Waals surface area contributed by atoms with E-state index >= 15 is 0 Å². The zero-order valence-corrected chi connectivity index (χ0v) is 13.0. The molecule has 0 atom stereocenters. The predicted octanol–water partition coefficient (Wildman–Crippen LogP) is 2.16. The van der Waals surface area contributed by atoms with Gasteiger partial charge in [0.05, 0.1) is 16.5 Å². The maximum atomic E-state index is 11.9. The van der Waals surface area contributed by atoms with Crippen molar-refractivity contribution < 1.29 is 8.42 Å². The zero-order chi connectivity index (χ0) is 14.4. The molecule has 2 rings (SSSR count). The van der Waals surface area contributed by atoms with Crippen LogP contribution in [0.15, 0.2) is 35.7 Å². The van der Waals surface area contributed by atoms with Gasteiger partial charge in [0.2, 0.25) is 10.0 Å². The fraction of sp³-hybridized carbons (Fsp3) is 0.357. The van der Waals surface area contributed by atoms with Gasteiger partial charge in [-0.1, -0.05) is 30.3 Å². The molecule has 1 aromatic heterocycles. The van der Waals surface area contributed by atoms with E-state index in [9.17, 15) is 8.42 Å². The van der Waals surface area contributed by atoms with Gasteiger partial charge in [0.15, 0.2) is 0 Å². The summed E-state index contributed by atoms with van der Waals surface area (Å²) >= 11 is 1.58. The molecule has 0 saturated heterocycles. The first-order valence-electron chi connectivity index (χ1n) is 6.47. The number of aromatic nitrogens is 1. The van der Waals surface area contributed by atoms with Crippen LogP contribution in [0.2, 0.25) is 0 Å². The topological polar surface area (TPSA) is 59.1 Å². The van der Waals surface area contributed by atoms with Crippen molar-refractivity contribution in [1.82, 2.24) is 9.71 Å². The molecule has 0 radical (unpaired) electrons. The van der Waals surface area contributed by atoms with Crippen LogP contribution in [0.5, 0.6) is 0 Å². The highest BCUT2D eigenvalue weighted by atomic mass is 32.2.